The molecule has 3 rings (SSSR count). The van der Waals surface area contributed by atoms with Crippen molar-refractivity contribution in [2.24, 2.45) is 0 Å². The van der Waals surface area contributed by atoms with Gasteiger partial charge in [0.1, 0.15) is 5.75 Å². The normalized spacial score (nSPS) is 10.4. The minimum atomic E-state index is 0.402. The van der Waals surface area contributed by atoms with E-state index in [2.05, 4.69) is 25.8 Å². The molecule has 1 heterocycles. The monoisotopic (exact) mass is 375 g/mol. The van der Waals surface area contributed by atoms with Crippen LogP contribution in [0.2, 0.25) is 10.0 Å². The van der Waals surface area contributed by atoms with Gasteiger partial charge in [-0.2, -0.15) is 10.1 Å². The predicted molar refractivity (Wildman–Crippen MR) is 99.9 cm³/mol. The van der Waals surface area contributed by atoms with Crippen LogP contribution in [0, 0.1) is 0 Å². The van der Waals surface area contributed by atoms with E-state index in [9.17, 15) is 0 Å². The van der Waals surface area contributed by atoms with Gasteiger partial charge in [0.25, 0.3) is 0 Å². The highest BCUT2D eigenvalue weighted by Gasteiger charge is 2.05. The second-order valence-corrected chi connectivity index (χ2v) is 5.96. The molecule has 0 aliphatic heterocycles. The van der Waals surface area contributed by atoms with Crippen LogP contribution in [0.4, 0.5) is 17.5 Å². The van der Waals surface area contributed by atoms with E-state index < -0.39 is 0 Å². The van der Waals surface area contributed by atoms with Crippen molar-refractivity contribution in [2.75, 3.05) is 17.7 Å². The highest BCUT2D eigenvalue weighted by atomic mass is 35.5. The summed E-state index contributed by atoms with van der Waals surface area (Å²) in [5, 5.41) is 15.2. The van der Waals surface area contributed by atoms with Crippen LogP contribution in [-0.4, -0.2) is 22.3 Å². The molecule has 0 aliphatic rings. The molecule has 0 fully saturated rings. The molecule has 0 saturated heterocycles. The Hall–Kier alpha value is -2.57. The second kappa shape index (κ2) is 8.00. The molecule has 8 heteroatoms. The van der Waals surface area contributed by atoms with Gasteiger partial charge in [-0.3, -0.25) is 0 Å². The number of benzene rings is 2. The summed E-state index contributed by atoms with van der Waals surface area (Å²) < 4.78 is 5.14. The first-order valence-electron chi connectivity index (χ1n) is 7.42. The van der Waals surface area contributed by atoms with Crippen molar-refractivity contribution < 1.29 is 4.74 Å². The standard InChI is InChI=1S/C17H15Cl2N5O/c1-25-13-5-2-11(3-6-13)9-20-17-23-16(10-21-24-17)22-15-8-12(18)4-7-14(15)19/h2-8,10H,9H2,1H3,(H2,20,22,23,24). The molecule has 1 aromatic heterocycles. The van der Waals surface area contributed by atoms with Crippen molar-refractivity contribution in [1.82, 2.24) is 15.2 Å². The number of ether oxygens (including phenoxy) is 1. The van der Waals surface area contributed by atoms with Crippen LogP contribution in [0.25, 0.3) is 0 Å². The third-order valence-corrected chi connectivity index (χ3v) is 3.92. The van der Waals surface area contributed by atoms with Crippen LogP contribution in [0.3, 0.4) is 0 Å². The SMILES string of the molecule is COc1ccc(CNc2nncc(Nc3cc(Cl)ccc3Cl)n2)cc1. The van der Waals surface area contributed by atoms with Crippen molar-refractivity contribution in [3.05, 3.63) is 64.3 Å². The summed E-state index contributed by atoms with van der Waals surface area (Å²) in [7, 11) is 1.64. The minimum Gasteiger partial charge on any atom is -0.497 e. The molecule has 0 spiro atoms. The van der Waals surface area contributed by atoms with Gasteiger partial charge in [-0.05, 0) is 35.9 Å². The van der Waals surface area contributed by atoms with Crippen molar-refractivity contribution in [3.8, 4) is 5.75 Å². The summed E-state index contributed by atoms with van der Waals surface area (Å²) in [5.41, 5.74) is 1.72. The zero-order chi connectivity index (χ0) is 17.6. The number of methoxy groups -OCH3 is 1. The average molecular weight is 376 g/mol. The molecule has 0 atom stereocenters. The Balaban J connectivity index is 1.67. The number of rotatable bonds is 6. The van der Waals surface area contributed by atoms with E-state index in [4.69, 9.17) is 27.9 Å². The molecular weight excluding hydrogens is 361 g/mol. The van der Waals surface area contributed by atoms with Crippen molar-refractivity contribution in [1.29, 1.82) is 0 Å². The predicted octanol–water partition coefficient (Wildman–Crippen LogP) is 4.54. The summed E-state index contributed by atoms with van der Waals surface area (Å²) in [6.45, 7) is 0.563. The Morgan fingerprint density at radius 2 is 1.88 bits per heavy atom. The molecule has 0 bridgehead atoms. The first-order valence-corrected chi connectivity index (χ1v) is 8.18. The quantitative estimate of drug-likeness (QED) is 0.658. The van der Waals surface area contributed by atoms with Crippen molar-refractivity contribution in [2.45, 2.75) is 6.54 Å². The molecule has 0 amide bonds. The molecule has 25 heavy (non-hydrogen) atoms. The van der Waals surface area contributed by atoms with Gasteiger partial charge in [-0.1, -0.05) is 35.3 Å². The maximum atomic E-state index is 6.14. The lowest BCUT2D eigenvalue weighted by atomic mass is 10.2. The van der Waals surface area contributed by atoms with Crippen LogP contribution < -0.4 is 15.4 Å². The van der Waals surface area contributed by atoms with E-state index in [0.717, 1.165) is 11.3 Å². The summed E-state index contributed by atoms with van der Waals surface area (Å²) in [4.78, 5) is 4.37. The fourth-order valence-corrected chi connectivity index (χ4v) is 2.43. The molecule has 0 radical (unpaired) electrons. The van der Waals surface area contributed by atoms with Crippen LogP contribution >= 0.6 is 23.2 Å². The van der Waals surface area contributed by atoms with Gasteiger partial charge in [0.2, 0.25) is 5.95 Å². The van der Waals surface area contributed by atoms with E-state index >= 15 is 0 Å². The number of hydrogen-bond donors (Lipinski definition) is 2. The second-order valence-electron chi connectivity index (χ2n) is 5.12. The average Bonchev–Trinajstić information content (AvgIpc) is 2.64. The lowest BCUT2D eigenvalue weighted by Crippen LogP contribution is -2.06. The van der Waals surface area contributed by atoms with E-state index in [1.54, 1.807) is 25.3 Å². The van der Waals surface area contributed by atoms with Gasteiger partial charge in [0, 0.05) is 11.6 Å². The summed E-state index contributed by atoms with van der Waals surface area (Å²) in [6, 6.07) is 12.9. The summed E-state index contributed by atoms with van der Waals surface area (Å²) >= 11 is 12.1. The molecule has 3 aromatic rings. The highest BCUT2D eigenvalue weighted by Crippen LogP contribution is 2.27. The zero-order valence-corrected chi connectivity index (χ0v) is 14.8. The lowest BCUT2D eigenvalue weighted by molar-refractivity contribution is 0.414. The molecule has 2 aromatic carbocycles. The molecule has 0 unspecified atom stereocenters. The Bertz CT molecular complexity index is 858. The van der Waals surface area contributed by atoms with Crippen LogP contribution in [-0.2, 0) is 6.54 Å². The largest absolute Gasteiger partial charge is 0.497 e. The maximum absolute atomic E-state index is 6.14. The van der Waals surface area contributed by atoms with Gasteiger partial charge in [-0.15, -0.1) is 5.10 Å². The summed E-state index contributed by atoms with van der Waals surface area (Å²) in [5.74, 6) is 1.72. The highest BCUT2D eigenvalue weighted by molar-refractivity contribution is 6.35. The number of nitrogens with zero attached hydrogens (tertiary/aromatic N) is 3. The number of hydrogen-bond acceptors (Lipinski definition) is 6. The Labute approximate surface area is 155 Å². The van der Waals surface area contributed by atoms with Crippen molar-refractivity contribution in [3.63, 3.8) is 0 Å². The van der Waals surface area contributed by atoms with Gasteiger partial charge < -0.3 is 15.4 Å². The molecule has 128 valence electrons. The van der Waals surface area contributed by atoms with Gasteiger partial charge >= 0.3 is 0 Å². The number of aromatic nitrogens is 3. The first kappa shape index (κ1) is 17.3. The molecular formula is C17H15Cl2N5O. The number of nitrogens with one attached hydrogen (secondary N) is 2. The number of anilines is 3. The lowest BCUT2D eigenvalue weighted by Gasteiger charge is -2.09. The van der Waals surface area contributed by atoms with E-state index in [1.807, 2.05) is 24.3 Å². The van der Waals surface area contributed by atoms with Crippen LogP contribution in [0.15, 0.2) is 48.7 Å². The Morgan fingerprint density at radius 1 is 1.08 bits per heavy atom. The maximum Gasteiger partial charge on any atom is 0.244 e. The topological polar surface area (TPSA) is 72.0 Å². The van der Waals surface area contributed by atoms with E-state index in [1.165, 1.54) is 6.20 Å². The fraction of sp³-hybridized carbons (Fsp3) is 0.118. The third-order valence-electron chi connectivity index (χ3n) is 3.36. The van der Waals surface area contributed by atoms with E-state index in [-0.39, 0.29) is 0 Å². The van der Waals surface area contributed by atoms with Gasteiger partial charge in [0.15, 0.2) is 5.82 Å². The zero-order valence-electron chi connectivity index (χ0n) is 13.3. The van der Waals surface area contributed by atoms with E-state index in [0.29, 0.717) is 34.0 Å². The number of halogens is 2. The molecule has 0 aliphatic carbocycles. The fourth-order valence-electron chi connectivity index (χ4n) is 2.09. The van der Waals surface area contributed by atoms with Crippen LogP contribution in [0.5, 0.6) is 5.75 Å². The minimum absolute atomic E-state index is 0.402. The first-order chi connectivity index (χ1) is 12.1. The van der Waals surface area contributed by atoms with Gasteiger partial charge in [-0.25, -0.2) is 0 Å². The van der Waals surface area contributed by atoms with Crippen LogP contribution in [0.1, 0.15) is 5.56 Å². The Kier molecular flexibility index (Phi) is 5.53. The van der Waals surface area contributed by atoms with Crippen molar-refractivity contribution >= 4 is 40.7 Å². The third kappa shape index (κ3) is 4.71. The smallest absolute Gasteiger partial charge is 0.244 e. The summed E-state index contributed by atoms with van der Waals surface area (Å²) in [6.07, 6.45) is 1.51. The molecule has 6 nitrogen and oxygen atoms in total. The molecule has 2 N–H and O–H groups in total. The molecule has 0 saturated carbocycles. The van der Waals surface area contributed by atoms with Gasteiger partial charge in [0.05, 0.1) is 24.0 Å². The Morgan fingerprint density at radius 3 is 2.64 bits per heavy atom.